The lowest BCUT2D eigenvalue weighted by Gasteiger charge is -1.98. The van der Waals surface area contributed by atoms with Gasteiger partial charge >= 0.3 is 0 Å². The Kier molecular flexibility index (Phi) is 2.62. The van der Waals surface area contributed by atoms with Crippen LogP contribution in [0.4, 0.5) is 0 Å². The number of pyridine rings is 1. The smallest absolute Gasteiger partial charge is 0.185 e. The Bertz CT molecular complexity index is 825. The first-order valence-corrected chi connectivity index (χ1v) is 6.31. The third kappa shape index (κ3) is 1.80. The van der Waals surface area contributed by atoms with Gasteiger partial charge in [0.2, 0.25) is 0 Å². The van der Waals surface area contributed by atoms with Crippen LogP contribution in [0.15, 0.2) is 24.5 Å². The van der Waals surface area contributed by atoms with Crippen LogP contribution in [-0.4, -0.2) is 20.8 Å². The molecule has 0 aliphatic rings. The van der Waals surface area contributed by atoms with Crippen molar-refractivity contribution in [3.05, 3.63) is 35.9 Å². The summed E-state index contributed by atoms with van der Waals surface area (Å²) >= 11 is 1.53. The van der Waals surface area contributed by atoms with E-state index in [4.69, 9.17) is 5.26 Å². The maximum atomic E-state index is 10.8. The summed E-state index contributed by atoms with van der Waals surface area (Å²) < 4.78 is 2.69. The van der Waals surface area contributed by atoms with E-state index in [2.05, 4.69) is 16.0 Å². The van der Waals surface area contributed by atoms with Crippen molar-refractivity contribution in [2.24, 2.45) is 7.05 Å². The topological polar surface area (TPSA) is 71.6 Å². The molecule has 0 N–H and O–H groups in total. The largest absolute Gasteiger partial charge is 0.324 e. The molecule has 3 rings (SSSR count). The SMILES string of the molecule is Cn1c(-c2cc3ncc(C#N)cc3s2)cnc1C=O. The fraction of sp³-hybridized carbons (Fsp3) is 0.0769. The van der Waals surface area contributed by atoms with Crippen LogP contribution in [0.2, 0.25) is 0 Å². The molecule has 5 nitrogen and oxygen atoms in total. The van der Waals surface area contributed by atoms with Crippen LogP contribution in [0, 0.1) is 11.3 Å². The van der Waals surface area contributed by atoms with Crippen LogP contribution in [0.1, 0.15) is 16.2 Å². The number of fused-ring (bicyclic) bond motifs is 1. The second-order valence-corrected chi connectivity index (χ2v) is 5.09. The van der Waals surface area contributed by atoms with Crippen LogP contribution in [0.5, 0.6) is 0 Å². The minimum atomic E-state index is 0.387. The predicted octanol–water partition coefficient (Wildman–Crippen LogP) is 2.38. The molecule has 0 atom stereocenters. The van der Waals surface area contributed by atoms with E-state index < -0.39 is 0 Å². The molecule has 0 amide bonds. The summed E-state index contributed by atoms with van der Waals surface area (Å²) in [6, 6.07) is 5.82. The van der Waals surface area contributed by atoms with E-state index in [0.717, 1.165) is 27.1 Å². The average molecular weight is 268 g/mol. The lowest BCUT2D eigenvalue weighted by atomic mass is 10.3. The molecule has 0 aliphatic carbocycles. The Morgan fingerprint density at radius 3 is 2.89 bits per heavy atom. The predicted molar refractivity (Wildman–Crippen MR) is 71.9 cm³/mol. The Morgan fingerprint density at radius 1 is 1.37 bits per heavy atom. The molecule has 0 fully saturated rings. The number of nitrogens with zero attached hydrogens (tertiary/aromatic N) is 4. The Labute approximate surface area is 112 Å². The van der Waals surface area contributed by atoms with Crippen molar-refractivity contribution in [2.45, 2.75) is 0 Å². The summed E-state index contributed by atoms with van der Waals surface area (Å²) in [5, 5.41) is 8.86. The standard InChI is InChI=1S/C13H8N4OS/c1-17-10(6-16-13(17)7-18)12-3-9-11(19-12)2-8(4-14)5-15-9/h2-3,5-7H,1H3. The number of carbonyl (C=O) groups excluding carboxylic acids is 1. The van der Waals surface area contributed by atoms with Crippen molar-refractivity contribution in [3.63, 3.8) is 0 Å². The molecule has 92 valence electrons. The number of nitriles is 1. The van der Waals surface area contributed by atoms with Crippen LogP contribution in [-0.2, 0) is 7.05 Å². The summed E-state index contributed by atoms with van der Waals surface area (Å²) in [5.74, 6) is 0.387. The van der Waals surface area contributed by atoms with Gasteiger partial charge in [0.1, 0.15) is 6.07 Å². The first kappa shape index (κ1) is 11.6. The number of carbonyl (C=O) groups is 1. The van der Waals surface area contributed by atoms with Crippen LogP contribution >= 0.6 is 11.3 Å². The van der Waals surface area contributed by atoms with Crippen molar-refractivity contribution in [2.75, 3.05) is 0 Å². The van der Waals surface area contributed by atoms with Crippen molar-refractivity contribution in [1.82, 2.24) is 14.5 Å². The molecular weight excluding hydrogens is 260 g/mol. The van der Waals surface area contributed by atoms with Gasteiger partial charge in [-0.2, -0.15) is 5.26 Å². The van der Waals surface area contributed by atoms with Gasteiger partial charge in [-0.05, 0) is 12.1 Å². The molecule has 0 radical (unpaired) electrons. The number of imidazole rings is 1. The number of rotatable bonds is 2. The number of aldehydes is 1. The summed E-state index contributed by atoms with van der Waals surface area (Å²) in [7, 11) is 1.80. The zero-order chi connectivity index (χ0) is 13.4. The van der Waals surface area contributed by atoms with Crippen LogP contribution < -0.4 is 0 Å². The summed E-state index contributed by atoms with van der Waals surface area (Å²) in [6.45, 7) is 0. The molecule has 6 heteroatoms. The zero-order valence-corrected chi connectivity index (χ0v) is 10.8. The van der Waals surface area contributed by atoms with Gasteiger partial charge in [0.15, 0.2) is 12.1 Å². The average Bonchev–Trinajstić information content (AvgIpc) is 3.00. The normalized spacial score (nSPS) is 10.5. The maximum Gasteiger partial charge on any atom is 0.185 e. The molecule has 19 heavy (non-hydrogen) atoms. The molecule has 3 heterocycles. The summed E-state index contributed by atoms with van der Waals surface area (Å²) in [5.41, 5.74) is 2.25. The Hall–Kier alpha value is -2.52. The highest BCUT2D eigenvalue weighted by atomic mass is 32.1. The highest BCUT2D eigenvalue weighted by Gasteiger charge is 2.11. The zero-order valence-electron chi connectivity index (χ0n) is 9.99. The molecule has 0 aromatic carbocycles. The third-order valence-electron chi connectivity index (χ3n) is 2.88. The van der Waals surface area contributed by atoms with Gasteiger partial charge in [-0.15, -0.1) is 11.3 Å². The quantitative estimate of drug-likeness (QED) is 0.669. The van der Waals surface area contributed by atoms with Crippen molar-refractivity contribution in [1.29, 1.82) is 5.26 Å². The molecule has 0 spiro atoms. The lowest BCUT2D eigenvalue weighted by Crippen LogP contribution is -1.96. The minimum Gasteiger partial charge on any atom is -0.324 e. The van der Waals surface area contributed by atoms with Crippen molar-refractivity contribution >= 4 is 27.8 Å². The van der Waals surface area contributed by atoms with Gasteiger partial charge in [-0.1, -0.05) is 0 Å². The fourth-order valence-electron chi connectivity index (χ4n) is 1.87. The maximum absolute atomic E-state index is 10.8. The van der Waals surface area contributed by atoms with E-state index in [1.54, 1.807) is 24.0 Å². The van der Waals surface area contributed by atoms with E-state index in [0.29, 0.717) is 11.4 Å². The van der Waals surface area contributed by atoms with E-state index in [-0.39, 0.29) is 0 Å². The van der Waals surface area contributed by atoms with E-state index in [1.165, 1.54) is 11.3 Å². The van der Waals surface area contributed by atoms with Crippen LogP contribution in [0.25, 0.3) is 20.8 Å². The van der Waals surface area contributed by atoms with Gasteiger partial charge in [-0.3, -0.25) is 9.78 Å². The number of hydrogen-bond donors (Lipinski definition) is 0. The monoisotopic (exact) mass is 268 g/mol. The molecular formula is C13H8N4OS. The van der Waals surface area contributed by atoms with E-state index in [1.807, 2.05) is 12.1 Å². The second kappa shape index (κ2) is 4.30. The number of thiophene rings is 1. The molecule has 0 aliphatic heterocycles. The van der Waals surface area contributed by atoms with E-state index >= 15 is 0 Å². The van der Waals surface area contributed by atoms with Gasteiger partial charge in [0.05, 0.1) is 32.5 Å². The highest BCUT2D eigenvalue weighted by Crippen LogP contribution is 2.32. The molecule has 3 aromatic heterocycles. The van der Waals surface area contributed by atoms with Crippen LogP contribution in [0.3, 0.4) is 0 Å². The lowest BCUT2D eigenvalue weighted by molar-refractivity contribution is 0.111. The van der Waals surface area contributed by atoms with Gasteiger partial charge in [0, 0.05) is 13.2 Å². The van der Waals surface area contributed by atoms with Crippen molar-refractivity contribution in [3.8, 4) is 16.6 Å². The van der Waals surface area contributed by atoms with Crippen molar-refractivity contribution < 1.29 is 4.79 Å². The first-order valence-electron chi connectivity index (χ1n) is 5.50. The van der Waals surface area contributed by atoms with Gasteiger partial charge in [-0.25, -0.2) is 4.98 Å². The Morgan fingerprint density at radius 2 is 2.21 bits per heavy atom. The summed E-state index contributed by atoms with van der Waals surface area (Å²) in [6.07, 6.45) is 3.95. The summed E-state index contributed by atoms with van der Waals surface area (Å²) in [4.78, 5) is 20.1. The van der Waals surface area contributed by atoms with E-state index in [9.17, 15) is 4.79 Å². The molecule has 0 unspecified atom stereocenters. The fourth-order valence-corrected chi connectivity index (χ4v) is 2.97. The highest BCUT2D eigenvalue weighted by molar-refractivity contribution is 7.22. The Balaban J connectivity index is 2.18. The molecule has 0 saturated heterocycles. The molecule has 3 aromatic rings. The second-order valence-electron chi connectivity index (χ2n) is 4.01. The third-order valence-corrected chi connectivity index (χ3v) is 3.97. The van der Waals surface area contributed by atoms with Gasteiger partial charge < -0.3 is 4.57 Å². The molecule has 0 saturated carbocycles. The minimum absolute atomic E-state index is 0.387. The van der Waals surface area contributed by atoms with Gasteiger partial charge in [0.25, 0.3) is 0 Å². The first-order chi connectivity index (χ1) is 9.22. The molecule has 0 bridgehead atoms. The number of hydrogen-bond acceptors (Lipinski definition) is 5. The number of aromatic nitrogens is 3.